The SMILES string of the molecule is CSC1O[C@H]([C@H](N)[C@@H](S[C@H](C)S)C(=O)C(F)(F)F)[C@@H](O)C(O)[C@H]1O. The molecule has 0 radical (unpaired) electrons. The van der Waals surface area contributed by atoms with Crippen molar-refractivity contribution in [3.63, 3.8) is 0 Å². The third-order valence-corrected chi connectivity index (χ3v) is 5.88. The predicted molar refractivity (Wildman–Crippen MR) is 89.1 cm³/mol. The molecule has 0 aromatic rings. The number of aliphatic hydroxyl groups excluding tert-OH is 3. The zero-order valence-corrected chi connectivity index (χ0v) is 15.3. The lowest BCUT2D eigenvalue weighted by Gasteiger charge is -2.43. The number of alkyl halides is 3. The lowest BCUT2D eigenvalue weighted by molar-refractivity contribution is -0.204. The topological polar surface area (TPSA) is 113 Å². The first-order valence-corrected chi connectivity index (χ1v) is 9.59. The summed E-state index contributed by atoms with van der Waals surface area (Å²) in [5.41, 5.74) is 4.79. The van der Waals surface area contributed by atoms with Gasteiger partial charge in [0.15, 0.2) is 0 Å². The van der Waals surface area contributed by atoms with Gasteiger partial charge in [0, 0.05) is 4.58 Å². The first-order valence-electron chi connectivity index (χ1n) is 6.84. The van der Waals surface area contributed by atoms with E-state index in [-0.39, 0.29) is 0 Å². The van der Waals surface area contributed by atoms with Crippen LogP contribution in [0.1, 0.15) is 6.92 Å². The van der Waals surface area contributed by atoms with E-state index in [0.717, 1.165) is 11.8 Å². The molecule has 0 aromatic carbocycles. The fraction of sp³-hybridized carbons (Fsp3) is 0.917. The van der Waals surface area contributed by atoms with Crippen LogP contribution in [0.15, 0.2) is 0 Å². The molecule has 12 heteroatoms. The summed E-state index contributed by atoms with van der Waals surface area (Å²) in [6.07, 6.45) is -9.87. The summed E-state index contributed by atoms with van der Waals surface area (Å²) < 4.78 is 43.1. The van der Waals surface area contributed by atoms with E-state index in [1.807, 2.05) is 0 Å². The van der Waals surface area contributed by atoms with Gasteiger partial charge in [-0.3, -0.25) is 4.79 Å². The van der Waals surface area contributed by atoms with Gasteiger partial charge in [0.2, 0.25) is 0 Å². The molecule has 1 saturated heterocycles. The molecule has 0 spiro atoms. The Morgan fingerprint density at radius 1 is 1.25 bits per heavy atom. The Kier molecular flexibility index (Phi) is 8.20. The Labute approximate surface area is 151 Å². The van der Waals surface area contributed by atoms with Crippen LogP contribution in [0.5, 0.6) is 0 Å². The Morgan fingerprint density at radius 2 is 1.79 bits per heavy atom. The molecule has 2 unspecified atom stereocenters. The number of halogens is 3. The van der Waals surface area contributed by atoms with Gasteiger partial charge < -0.3 is 25.8 Å². The van der Waals surface area contributed by atoms with Crippen LogP contribution in [0.3, 0.4) is 0 Å². The van der Waals surface area contributed by atoms with E-state index in [9.17, 15) is 33.3 Å². The van der Waals surface area contributed by atoms with E-state index in [2.05, 4.69) is 12.6 Å². The highest BCUT2D eigenvalue weighted by molar-refractivity contribution is 8.11. The van der Waals surface area contributed by atoms with Crippen molar-refractivity contribution in [3.8, 4) is 0 Å². The highest BCUT2D eigenvalue weighted by atomic mass is 32.2. The Morgan fingerprint density at radius 3 is 2.21 bits per heavy atom. The van der Waals surface area contributed by atoms with E-state index in [1.54, 1.807) is 6.26 Å². The minimum absolute atomic E-state index is 0.577. The molecule has 5 N–H and O–H groups in total. The third kappa shape index (κ3) is 5.16. The second-order valence-electron chi connectivity index (χ2n) is 5.27. The first-order chi connectivity index (χ1) is 10.9. The van der Waals surface area contributed by atoms with Crippen LogP contribution in [0.2, 0.25) is 0 Å². The summed E-state index contributed by atoms with van der Waals surface area (Å²) in [6, 6.07) is -1.56. The number of aliphatic hydroxyl groups is 3. The smallest absolute Gasteiger partial charge is 0.388 e. The average molecular weight is 411 g/mol. The molecule has 0 saturated carbocycles. The van der Waals surface area contributed by atoms with Crippen molar-refractivity contribution >= 4 is 41.9 Å². The number of rotatable bonds is 6. The number of carbonyl (C=O) groups is 1. The number of hydrogen-bond donors (Lipinski definition) is 5. The summed E-state index contributed by atoms with van der Waals surface area (Å²) in [7, 11) is 0. The molecule has 0 bridgehead atoms. The molecule has 1 aliphatic rings. The zero-order valence-electron chi connectivity index (χ0n) is 12.8. The Hall–Kier alpha value is 0.310. The number of nitrogens with two attached hydrogens (primary N) is 1. The maximum Gasteiger partial charge on any atom is 0.451 e. The van der Waals surface area contributed by atoms with Crippen LogP contribution in [0.4, 0.5) is 13.2 Å². The maximum atomic E-state index is 12.8. The summed E-state index contributed by atoms with van der Waals surface area (Å²) in [4.78, 5) is 11.7. The second kappa shape index (κ2) is 8.80. The molecule has 1 fully saturated rings. The van der Waals surface area contributed by atoms with Crippen molar-refractivity contribution in [2.75, 3.05) is 6.26 Å². The van der Waals surface area contributed by atoms with Gasteiger partial charge in [-0.25, -0.2) is 0 Å². The van der Waals surface area contributed by atoms with Gasteiger partial charge >= 0.3 is 6.18 Å². The van der Waals surface area contributed by atoms with Crippen LogP contribution in [-0.2, 0) is 9.53 Å². The van der Waals surface area contributed by atoms with E-state index in [1.165, 1.54) is 6.92 Å². The van der Waals surface area contributed by atoms with Crippen molar-refractivity contribution in [3.05, 3.63) is 0 Å². The largest absolute Gasteiger partial charge is 0.451 e. The molecule has 0 aromatic heterocycles. The number of thioether (sulfide) groups is 2. The highest BCUT2D eigenvalue weighted by Gasteiger charge is 2.52. The van der Waals surface area contributed by atoms with Crippen molar-refractivity contribution in [2.45, 2.75) is 58.8 Å². The fourth-order valence-corrected chi connectivity index (χ4v) is 4.35. The molecule has 8 atom stereocenters. The van der Waals surface area contributed by atoms with Crippen LogP contribution in [-0.4, -0.2) is 79.3 Å². The Balaban J connectivity index is 3.07. The summed E-state index contributed by atoms with van der Waals surface area (Å²) in [5.74, 6) is -2.07. The van der Waals surface area contributed by atoms with E-state index >= 15 is 0 Å². The molecule has 1 aliphatic heterocycles. The number of Topliss-reactive ketones (excluding diaryl/α,β-unsaturated/α-hetero) is 1. The monoisotopic (exact) mass is 411 g/mol. The minimum Gasteiger partial charge on any atom is -0.388 e. The third-order valence-electron chi connectivity index (χ3n) is 3.45. The van der Waals surface area contributed by atoms with Crippen molar-refractivity contribution < 1.29 is 38.0 Å². The van der Waals surface area contributed by atoms with E-state index in [0.29, 0.717) is 11.8 Å². The van der Waals surface area contributed by atoms with Crippen molar-refractivity contribution in [1.29, 1.82) is 0 Å². The number of ether oxygens (including phenoxy) is 1. The van der Waals surface area contributed by atoms with Gasteiger partial charge in [0.25, 0.3) is 5.78 Å². The fourth-order valence-electron chi connectivity index (χ4n) is 2.26. The molecular weight excluding hydrogens is 391 g/mol. The molecule has 24 heavy (non-hydrogen) atoms. The standard InChI is InChI=1S/C12H20F3NO5S3/c1-3(22)24-9(10(20)12(13,14)15)4(16)8-6(18)5(17)7(19)11(21-8)23-2/h3-9,11,17-19,22H,16H2,1-2H3/t3-,4+,5?,6+,7-,8-,9-,11?/m1/s1. The number of ketones is 1. The van der Waals surface area contributed by atoms with Gasteiger partial charge in [0.05, 0.1) is 11.3 Å². The van der Waals surface area contributed by atoms with Gasteiger partial charge in [-0.2, -0.15) is 25.8 Å². The molecule has 142 valence electrons. The highest BCUT2D eigenvalue weighted by Crippen LogP contribution is 2.35. The van der Waals surface area contributed by atoms with Crippen LogP contribution in [0, 0.1) is 0 Å². The zero-order chi connectivity index (χ0) is 18.8. The quantitative estimate of drug-likeness (QED) is 0.307. The summed E-state index contributed by atoms with van der Waals surface area (Å²) in [5, 5.41) is 27.9. The van der Waals surface area contributed by atoms with E-state index < -0.39 is 57.7 Å². The predicted octanol–water partition coefficient (Wildman–Crippen LogP) is -0.00670. The van der Waals surface area contributed by atoms with Gasteiger partial charge in [-0.05, 0) is 13.2 Å². The second-order valence-corrected chi connectivity index (χ2v) is 8.82. The molecule has 0 aliphatic carbocycles. The minimum atomic E-state index is -5.12. The molecule has 0 amide bonds. The van der Waals surface area contributed by atoms with Gasteiger partial charge in [-0.1, -0.05) is 0 Å². The number of thiol groups is 1. The van der Waals surface area contributed by atoms with Gasteiger partial charge in [-0.15, -0.1) is 23.5 Å². The van der Waals surface area contributed by atoms with Crippen molar-refractivity contribution in [1.82, 2.24) is 0 Å². The maximum absolute atomic E-state index is 12.8. The molecule has 1 heterocycles. The molecule has 6 nitrogen and oxygen atoms in total. The van der Waals surface area contributed by atoms with Crippen LogP contribution < -0.4 is 5.73 Å². The normalized spacial score (nSPS) is 35.3. The lowest BCUT2D eigenvalue weighted by Crippen LogP contribution is -2.64. The number of carbonyl (C=O) groups excluding carboxylic acids is 1. The van der Waals surface area contributed by atoms with Gasteiger partial charge in [0.1, 0.15) is 29.9 Å². The number of hydrogen-bond acceptors (Lipinski definition) is 9. The Bertz CT molecular complexity index is 441. The van der Waals surface area contributed by atoms with E-state index in [4.69, 9.17) is 10.5 Å². The first kappa shape index (κ1) is 22.4. The van der Waals surface area contributed by atoms with Crippen LogP contribution >= 0.6 is 36.2 Å². The average Bonchev–Trinajstić information content (AvgIpc) is 2.48. The summed E-state index contributed by atoms with van der Waals surface area (Å²) in [6.45, 7) is 1.47. The summed E-state index contributed by atoms with van der Waals surface area (Å²) >= 11 is 5.54. The molecular formula is C12H20F3NO5S3. The molecule has 1 rings (SSSR count). The lowest BCUT2D eigenvalue weighted by atomic mass is 9.92. The van der Waals surface area contributed by atoms with Crippen LogP contribution in [0.25, 0.3) is 0 Å². The van der Waals surface area contributed by atoms with Crippen molar-refractivity contribution in [2.24, 2.45) is 5.73 Å².